The molecule has 2 aromatic rings. The molecule has 2 N–H and O–H groups in total. The molecule has 0 saturated heterocycles. The van der Waals surface area contributed by atoms with Crippen LogP contribution in [0.15, 0.2) is 48.5 Å². The Morgan fingerprint density at radius 2 is 1.81 bits per heavy atom. The lowest BCUT2D eigenvalue weighted by Crippen LogP contribution is -2.32. The van der Waals surface area contributed by atoms with Crippen molar-refractivity contribution in [2.75, 3.05) is 33.9 Å². The van der Waals surface area contributed by atoms with E-state index in [9.17, 15) is 5.11 Å². The molecule has 0 bridgehead atoms. The van der Waals surface area contributed by atoms with Crippen molar-refractivity contribution in [3.63, 3.8) is 0 Å². The summed E-state index contributed by atoms with van der Waals surface area (Å²) in [5.74, 6) is 2.14. The van der Waals surface area contributed by atoms with Gasteiger partial charge in [-0.3, -0.25) is 0 Å². The lowest BCUT2D eigenvalue weighted by molar-refractivity contribution is 0.105. The number of methoxy groups -OCH3 is 2. The van der Waals surface area contributed by atoms with Gasteiger partial charge in [0.2, 0.25) is 0 Å². The van der Waals surface area contributed by atoms with E-state index in [1.165, 1.54) is 5.56 Å². The number of ether oxygens (including phenoxy) is 3. The first kappa shape index (κ1) is 20.8. The number of benzene rings is 2. The lowest BCUT2D eigenvalue weighted by atomic mass is 10.1. The van der Waals surface area contributed by atoms with Gasteiger partial charge >= 0.3 is 0 Å². The minimum atomic E-state index is -0.596. The summed E-state index contributed by atoms with van der Waals surface area (Å²) in [6, 6.07) is 13.7. The van der Waals surface area contributed by atoms with Gasteiger partial charge in [-0.1, -0.05) is 30.4 Å². The van der Waals surface area contributed by atoms with E-state index < -0.39 is 6.10 Å². The van der Waals surface area contributed by atoms with Gasteiger partial charge < -0.3 is 24.6 Å². The molecule has 0 saturated carbocycles. The number of hydrogen-bond acceptors (Lipinski definition) is 5. The SMILES string of the molecule is C/C=C/c1ccc(OC[C@H](O)CNCCc2ccc(OC)cc2)c(OC)c1. The first-order valence-electron chi connectivity index (χ1n) is 9.11. The highest BCUT2D eigenvalue weighted by Crippen LogP contribution is 2.28. The Morgan fingerprint density at radius 1 is 1.04 bits per heavy atom. The molecule has 0 fully saturated rings. The van der Waals surface area contributed by atoms with E-state index in [1.807, 2.05) is 61.5 Å². The average Bonchev–Trinajstić information content (AvgIpc) is 2.70. The highest BCUT2D eigenvalue weighted by Gasteiger charge is 2.09. The Bertz CT molecular complexity index is 713. The van der Waals surface area contributed by atoms with Crippen LogP contribution in [0.2, 0.25) is 0 Å². The standard InChI is InChI=1S/C22H29NO4/c1-4-5-18-8-11-21(22(14-18)26-3)27-16-19(24)15-23-13-12-17-6-9-20(25-2)10-7-17/h4-11,14,19,23-24H,12-13,15-16H2,1-3H3/b5-4+/t19-/m1/s1. The maximum absolute atomic E-state index is 10.1. The predicted molar refractivity (Wildman–Crippen MR) is 109 cm³/mol. The fourth-order valence-electron chi connectivity index (χ4n) is 2.64. The van der Waals surface area contributed by atoms with Crippen LogP contribution < -0.4 is 19.5 Å². The summed E-state index contributed by atoms with van der Waals surface area (Å²) in [6.07, 6.45) is 4.25. The third-order valence-corrected chi connectivity index (χ3v) is 4.11. The van der Waals surface area contributed by atoms with Crippen LogP contribution in [0, 0.1) is 0 Å². The molecule has 0 aromatic heterocycles. The molecule has 0 aliphatic heterocycles. The summed E-state index contributed by atoms with van der Waals surface area (Å²) in [5, 5.41) is 13.4. The first-order chi connectivity index (χ1) is 13.2. The molecule has 1 atom stereocenters. The van der Waals surface area contributed by atoms with Crippen LogP contribution in [-0.2, 0) is 6.42 Å². The van der Waals surface area contributed by atoms with E-state index in [0.717, 1.165) is 24.3 Å². The van der Waals surface area contributed by atoms with Gasteiger partial charge in [0, 0.05) is 6.54 Å². The second-order valence-electron chi connectivity index (χ2n) is 6.18. The summed E-state index contributed by atoms with van der Waals surface area (Å²) in [6.45, 7) is 3.42. The quantitative estimate of drug-likeness (QED) is 0.594. The summed E-state index contributed by atoms with van der Waals surface area (Å²) >= 11 is 0. The van der Waals surface area contributed by atoms with Crippen molar-refractivity contribution in [2.24, 2.45) is 0 Å². The minimum Gasteiger partial charge on any atom is -0.497 e. The fraction of sp³-hybridized carbons (Fsp3) is 0.364. The Balaban J connectivity index is 1.71. The Hall–Kier alpha value is -2.50. The second kappa shape index (κ2) is 11.3. The van der Waals surface area contributed by atoms with E-state index in [2.05, 4.69) is 5.32 Å². The maximum Gasteiger partial charge on any atom is 0.161 e. The summed E-state index contributed by atoms with van der Waals surface area (Å²) in [4.78, 5) is 0. The van der Waals surface area contributed by atoms with Crippen LogP contribution in [0.3, 0.4) is 0 Å². The Morgan fingerprint density at radius 3 is 2.48 bits per heavy atom. The Kier molecular flexibility index (Phi) is 8.68. The highest BCUT2D eigenvalue weighted by molar-refractivity contribution is 5.55. The fourth-order valence-corrected chi connectivity index (χ4v) is 2.64. The smallest absolute Gasteiger partial charge is 0.161 e. The number of aliphatic hydroxyl groups is 1. The van der Waals surface area contributed by atoms with Crippen molar-refractivity contribution in [1.29, 1.82) is 0 Å². The molecule has 0 radical (unpaired) electrons. The molecule has 146 valence electrons. The summed E-state index contributed by atoms with van der Waals surface area (Å²) < 4.78 is 16.2. The molecule has 5 heteroatoms. The minimum absolute atomic E-state index is 0.203. The van der Waals surface area contributed by atoms with Crippen LogP contribution in [-0.4, -0.2) is 45.1 Å². The van der Waals surface area contributed by atoms with Crippen LogP contribution in [0.25, 0.3) is 6.08 Å². The molecular weight excluding hydrogens is 342 g/mol. The highest BCUT2D eigenvalue weighted by atomic mass is 16.5. The maximum atomic E-state index is 10.1. The van der Waals surface area contributed by atoms with Crippen LogP contribution in [0.4, 0.5) is 0 Å². The zero-order valence-corrected chi connectivity index (χ0v) is 16.3. The van der Waals surface area contributed by atoms with E-state index in [-0.39, 0.29) is 6.61 Å². The number of rotatable bonds is 11. The lowest BCUT2D eigenvalue weighted by Gasteiger charge is -2.15. The van der Waals surface area contributed by atoms with Gasteiger partial charge in [0.1, 0.15) is 18.5 Å². The van der Waals surface area contributed by atoms with Gasteiger partial charge in [0.15, 0.2) is 11.5 Å². The number of hydrogen-bond donors (Lipinski definition) is 2. The summed E-state index contributed by atoms with van der Waals surface area (Å²) in [5.41, 5.74) is 2.27. The number of allylic oxidation sites excluding steroid dienone is 1. The normalized spacial score (nSPS) is 12.1. The van der Waals surface area contributed by atoms with Crippen LogP contribution in [0.5, 0.6) is 17.2 Å². The first-order valence-corrected chi connectivity index (χ1v) is 9.11. The second-order valence-corrected chi connectivity index (χ2v) is 6.18. The molecule has 2 aromatic carbocycles. The largest absolute Gasteiger partial charge is 0.497 e. The molecule has 27 heavy (non-hydrogen) atoms. The molecule has 5 nitrogen and oxygen atoms in total. The molecule has 0 unspecified atom stereocenters. The molecule has 0 heterocycles. The van der Waals surface area contributed by atoms with E-state index in [4.69, 9.17) is 14.2 Å². The van der Waals surface area contributed by atoms with Crippen molar-refractivity contribution >= 4 is 6.08 Å². The number of aliphatic hydroxyl groups excluding tert-OH is 1. The molecular formula is C22H29NO4. The molecule has 0 amide bonds. The van der Waals surface area contributed by atoms with Gasteiger partial charge in [-0.2, -0.15) is 0 Å². The van der Waals surface area contributed by atoms with Crippen LogP contribution >= 0.6 is 0 Å². The third kappa shape index (κ3) is 6.96. The Labute approximate surface area is 161 Å². The average molecular weight is 371 g/mol. The molecule has 0 aliphatic carbocycles. The van der Waals surface area contributed by atoms with Crippen molar-refractivity contribution in [2.45, 2.75) is 19.4 Å². The van der Waals surface area contributed by atoms with Crippen LogP contribution in [0.1, 0.15) is 18.1 Å². The van der Waals surface area contributed by atoms with Gasteiger partial charge in [0.25, 0.3) is 0 Å². The monoisotopic (exact) mass is 371 g/mol. The van der Waals surface area contributed by atoms with Crippen molar-refractivity contribution in [3.8, 4) is 17.2 Å². The van der Waals surface area contributed by atoms with Gasteiger partial charge in [-0.25, -0.2) is 0 Å². The van der Waals surface area contributed by atoms with E-state index in [1.54, 1.807) is 14.2 Å². The van der Waals surface area contributed by atoms with Gasteiger partial charge in [-0.15, -0.1) is 0 Å². The van der Waals surface area contributed by atoms with Crippen molar-refractivity contribution in [3.05, 3.63) is 59.7 Å². The molecule has 2 rings (SSSR count). The van der Waals surface area contributed by atoms with Crippen molar-refractivity contribution < 1.29 is 19.3 Å². The zero-order valence-electron chi connectivity index (χ0n) is 16.3. The summed E-state index contributed by atoms with van der Waals surface area (Å²) in [7, 11) is 3.27. The topological polar surface area (TPSA) is 60.0 Å². The molecule has 0 aliphatic rings. The number of nitrogens with one attached hydrogen (secondary N) is 1. The van der Waals surface area contributed by atoms with E-state index >= 15 is 0 Å². The van der Waals surface area contributed by atoms with E-state index in [0.29, 0.717) is 18.0 Å². The van der Waals surface area contributed by atoms with Gasteiger partial charge in [0.05, 0.1) is 14.2 Å². The predicted octanol–water partition coefficient (Wildman–Crippen LogP) is 3.31. The zero-order chi connectivity index (χ0) is 19.5. The third-order valence-electron chi connectivity index (χ3n) is 4.11. The van der Waals surface area contributed by atoms with Crippen molar-refractivity contribution in [1.82, 2.24) is 5.32 Å². The molecule has 0 spiro atoms. The van der Waals surface area contributed by atoms with Gasteiger partial charge in [-0.05, 0) is 55.3 Å².